The van der Waals surface area contributed by atoms with Crippen molar-refractivity contribution in [2.75, 3.05) is 18.4 Å². The Labute approximate surface area is 107 Å². The molecule has 0 aliphatic rings. The van der Waals surface area contributed by atoms with E-state index in [2.05, 4.69) is 16.0 Å². The van der Waals surface area contributed by atoms with Crippen LogP contribution in [-0.2, 0) is 4.79 Å². The lowest BCUT2D eigenvalue weighted by molar-refractivity contribution is -0.119. The molecule has 0 heterocycles. The van der Waals surface area contributed by atoms with Gasteiger partial charge in [0.2, 0.25) is 5.91 Å². The van der Waals surface area contributed by atoms with Gasteiger partial charge in [-0.1, -0.05) is 18.2 Å². The van der Waals surface area contributed by atoms with Gasteiger partial charge in [0, 0.05) is 12.2 Å². The van der Waals surface area contributed by atoms with Crippen LogP contribution in [0.3, 0.4) is 0 Å². The first kappa shape index (κ1) is 14.0. The fourth-order valence-corrected chi connectivity index (χ4v) is 1.59. The number of carbonyl (C=O) groups is 2. The van der Waals surface area contributed by atoms with E-state index in [1.807, 2.05) is 39.0 Å². The Hall–Kier alpha value is -2.04. The molecule has 18 heavy (non-hydrogen) atoms. The maximum atomic E-state index is 11.6. The molecule has 0 atom stereocenters. The Balaban J connectivity index is 2.52. The highest BCUT2D eigenvalue weighted by Crippen LogP contribution is 2.18. The van der Waals surface area contributed by atoms with E-state index in [1.54, 1.807) is 0 Å². The molecule has 5 nitrogen and oxygen atoms in total. The van der Waals surface area contributed by atoms with Crippen LogP contribution < -0.4 is 16.0 Å². The number of carbonyl (C=O) groups excluding carboxylic acids is 2. The van der Waals surface area contributed by atoms with Crippen LogP contribution in [0.2, 0.25) is 0 Å². The third-order valence-electron chi connectivity index (χ3n) is 2.50. The highest BCUT2D eigenvalue weighted by Gasteiger charge is 2.07. The van der Waals surface area contributed by atoms with Crippen molar-refractivity contribution in [2.24, 2.45) is 0 Å². The molecule has 3 N–H and O–H groups in total. The van der Waals surface area contributed by atoms with Crippen LogP contribution in [0.15, 0.2) is 18.2 Å². The lowest BCUT2D eigenvalue weighted by atomic mass is 10.1. The summed E-state index contributed by atoms with van der Waals surface area (Å²) in [5.74, 6) is -0.200. The van der Waals surface area contributed by atoms with E-state index < -0.39 is 0 Å². The number of benzene rings is 1. The van der Waals surface area contributed by atoms with Gasteiger partial charge in [0.1, 0.15) is 0 Å². The van der Waals surface area contributed by atoms with E-state index in [0.717, 1.165) is 16.8 Å². The summed E-state index contributed by atoms with van der Waals surface area (Å²) in [6.07, 6.45) is 0. The minimum absolute atomic E-state index is 0.0232. The molecular weight excluding hydrogens is 230 g/mol. The van der Waals surface area contributed by atoms with Gasteiger partial charge in [-0.2, -0.15) is 0 Å². The first-order chi connectivity index (χ1) is 8.54. The molecule has 0 spiro atoms. The third kappa shape index (κ3) is 4.08. The van der Waals surface area contributed by atoms with E-state index in [4.69, 9.17) is 0 Å². The van der Waals surface area contributed by atoms with Crippen LogP contribution in [0.5, 0.6) is 0 Å². The molecule has 0 aliphatic heterocycles. The van der Waals surface area contributed by atoms with E-state index in [-0.39, 0.29) is 18.5 Å². The average molecular weight is 249 g/mol. The predicted octanol–water partition coefficient (Wildman–Crippen LogP) is 1.56. The maximum Gasteiger partial charge on any atom is 0.319 e. The van der Waals surface area contributed by atoms with Gasteiger partial charge in [-0.05, 0) is 31.9 Å². The van der Waals surface area contributed by atoms with Crippen molar-refractivity contribution < 1.29 is 9.59 Å². The molecule has 5 heteroatoms. The zero-order valence-electron chi connectivity index (χ0n) is 11.0. The fourth-order valence-electron chi connectivity index (χ4n) is 1.59. The smallest absolute Gasteiger partial charge is 0.319 e. The molecule has 0 saturated carbocycles. The lowest BCUT2D eigenvalue weighted by Crippen LogP contribution is -2.39. The zero-order valence-corrected chi connectivity index (χ0v) is 11.0. The third-order valence-corrected chi connectivity index (χ3v) is 2.50. The number of anilines is 1. The molecule has 0 unspecified atom stereocenters. The van der Waals surface area contributed by atoms with Gasteiger partial charge in [0.15, 0.2) is 0 Å². The second-order valence-corrected chi connectivity index (χ2v) is 4.03. The molecule has 0 radical (unpaired) electrons. The Morgan fingerprint density at radius 1 is 1.11 bits per heavy atom. The first-order valence-corrected chi connectivity index (χ1v) is 5.92. The van der Waals surface area contributed by atoms with Crippen molar-refractivity contribution in [3.05, 3.63) is 29.3 Å². The number of urea groups is 1. The summed E-state index contributed by atoms with van der Waals surface area (Å²) in [7, 11) is 0. The molecular formula is C13H19N3O2. The summed E-state index contributed by atoms with van der Waals surface area (Å²) < 4.78 is 0. The van der Waals surface area contributed by atoms with Crippen molar-refractivity contribution in [1.29, 1.82) is 0 Å². The molecule has 1 aromatic rings. The standard InChI is InChI=1S/C13H19N3O2/c1-4-14-11(17)8-15-13(18)16-12-9(2)6-5-7-10(12)3/h5-7H,4,8H2,1-3H3,(H,14,17)(H2,15,16,18). The summed E-state index contributed by atoms with van der Waals surface area (Å²) in [6, 6.07) is 5.40. The monoisotopic (exact) mass is 249 g/mol. The van der Waals surface area contributed by atoms with Gasteiger partial charge < -0.3 is 16.0 Å². The number of hydrogen-bond acceptors (Lipinski definition) is 2. The average Bonchev–Trinajstić information content (AvgIpc) is 2.32. The maximum absolute atomic E-state index is 11.6. The SMILES string of the molecule is CCNC(=O)CNC(=O)Nc1c(C)cccc1C. The number of rotatable bonds is 4. The van der Waals surface area contributed by atoms with Crippen molar-refractivity contribution in [2.45, 2.75) is 20.8 Å². The Morgan fingerprint density at radius 2 is 1.72 bits per heavy atom. The molecule has 1 aromatic carbocycles. The van der Waals surface area contributed by atoms with Crippen LogP contribution in [0.4, 0.5) is 10.5 Å². The highest BCUT2D eigenvalue weighted by atomic mass is 16.2. The summed E-state index contributed by atoms with van der Waals surface area (Å²) >= 11 is 0. The van der Waals surface area contributed by atoms with Crippen LogP contribution in [0.25, 0.3) is 0 Å². The molecule has 0 aromatic heterocycles. The van der Waals surface area contributed by atoms with Crippen LogP contribution in [0.1, 0.15) is 18.1 Å². The second kappa shape index (κ2) is 6.64. The normalized spacial score (nSPS) is 9.72. The number of hydrogen-bond donors (Lipinski definition) is 3. The van der Waals surface area contributed by atoms with Crippen molar-refractivity contribution in [3.8, 4) is 0 Å². The topological polar surface area (TPSA) is 70.2 Å². The number of amides is 3. The number of aryl methyl sites for hydroxylation is 2. The van der Waals surface area contributed by atoms with Gasteiger partial charge >= 0.3 is 6.03 Å². The van der Waals surface area contributed by atoms with Crippen molar-refractivity contribution >= 4 is 17.6 Å². The number of likely N-dealkylation sites (N-methyl/N-ethyl adjacent to an activating group) is 1. The lowest BCUT2D eigenvalue weighted by Gasteiger charge is -2.12. The molecule has 1 rings (SSSR count). The Morgan fingerprint density at radius 3 is 2.28 bits per heavy atom. The molecule has 3 amide bonds. The van der Waals surface area contributed by atoms with Crippen LogP contribution >= 0.6 is 0 Å². The fraction of sp³-hybridized carbons (Fsp3) is 0.385. The summed E-state index contributed by atoms with van der Waals surface area (Å²) in [6.45, 7) is 6.21. The first-order valence-electron chi connectivity index (χ1n) is 5.92. The van der Waals surface area contributed by atoms with Gasteiger partial charge in [-0.15, -0.1) is 0 Å². The Kier molecular flexibility index (Phi) is 5.17. The molecule has 98 valence electrons. The zero-order chi connectivity index (χ0) is 13.5. The van der Waals surface area contributed by atoms with E-state index in [9.17, 15) is 9.59 Å². The number of para-hydroxylation sites is 1. The van der Waals surface area contributed by atoms with E-state index >= 15 is 0 Å². The number of nitrogens with one attached hydrogen (secondary N) is 3. The van der Waals surface area contributed by atoms with E-state index in [0.29, 0.717) is 6.54 Å². The second-order valence-electron chi connectivity index (χ2n) is 4.03. The van der Waals surface area contributed by atoms with Gasteiger partial charge in [0.05, 0.1) is 6.54 Å². The minimum Gasteiger partial charge on any atom is -0.355 e. The van der Waals surface area contributed by atoms with E-state index in [1.165, 1.54) is 0 Å². The largest absolute Gasteiger partial charge is 0.355 e. The highest BCUT2D eigenvalue weighted by molar-refractivity contribution is 5.93. The summed E-state index contributed by atoms with van der Waals surface area (Å²) in [5.41, 5.74) is 2.76. The summed E-state index contributed by atoms with van der Waals surface area (Å²) in [5, 5.41) is 7.86. The quantitative estimate of drug-likeness (QED) is 0.758. The predicted molar refractivity (Wildman–Crippen MR) is 71.6 cm³/mol. The van der Waals surface area contributed by atoms with Crippen molar-refractivity contribution in [3.63, 3.8) is 0 Å². The minimum atomic E-state index is -0.376. The Bertz CT molecular complexity index is 424. The van der Waals surface area contributed by atoms with Crippen LogP contribution in [-0.4, -0.2) is 25.0 Å². The van der Waals surface area contributed by atoms with Gasteiger partial charge in [-0.25, -0.2) is 4.79 Å². The molecule has 0 bridgehead atoms. The molecule has 0 aliphatic carbocycles. The van der Waals surface area contributed by atoms with Gasteiger partial charge in [-0.3, -0.25) is 4.79 Å². The summed E-state index contributed by atoms with van der Waals surface area (Å²) in [4.78, 5) is 22.8. The molecule has 0 saturated heterocycles. The molecule has 0 fully saturated rings. The van der Waals surface area contributed by atoms with Gasteiger partial charge in [0.25, 0.3) is 0 Å². The van der Waals surface area contributed by atoms with Crippen molar-refractivity contribution in [1.82, 2.24) is 10.6 Å². The van der Waals surface area contributed by atoms with Crippen LogP contribution in [0, 0.1) is 13.8 Å².